The maximum atomic E-state index is 10.8. The second-order valence-electron chi connectivity index (χ2n) is 4.55. The average molecular weight is 317 g/mol. The fourth-order valence-electron chi connectivity index (χ4n) is 1.53. The number of rotatable bonds is 6. The van der Waals surface area contributed by atoms with Crippen LogP contribution in [0.15, 0.2) is 22.7 Å². The molecule has 5 nitrogen and oxygen atoms in total. The minimum atomic E-state index is -0.777. The number of aliphatic hydroxyl groups excluding tert-OH is 1. The quantitative estimate of drug-likeness (QED) is 0.478. The van der Waals surface area contributed by atoms with Crippen LogP contribution < -0.4 is 5.32 Å². The summed E-state index contributed by atoms with van der Waals surface area (Å²) in [6.45, 7) is 4.13. The first-order chi connectivity index (χ1) is 8.40. The molecule has 1 aromatic carbocycles. The zero-order valence-corrected chi connectivity index (χ0v) is 12.0. The third kappa shape index (κ3) is 4.62. The number of anilines is 1. The molecular formula is C12H17BrN2O3. The molecule has 6 heteroatoms. The van der Waals surface area contributed by atoms with E-state index in [9.17, 15) is 15.2 Å². The van der Waals surface area contributed by atoms with E-state index in [0.29, 0.717) is 18.0 Å². The summed E-state index contributed by atoms with van der Waals surface area (Å²) in [6, 6.07) is 4.60. The molecule has 0 saturated heterocycles. The molecule has 0 radical (unpaired) electrons. The van der Waals surface area contributed by atoms with Crippen molar-refractivity contribution in [3.05, 3.63) is 32.8 Å². The van der Waals surface area contributed by atoms with E-state index in [-0.39, 0.29) is 5.69 Å². The molecular weight excluding hydrogens is 300 g/mol. The van der Waals surface area contributed by atoms with Gasteiger partial charge in [0, 0.05) is 10.5 Å². The van der Waals surface area contributed by atoms with Gasteiger partial charge in [-0.3, -0.25) is 10.1 Å². The molecule has 0 saturated carbocycles. The van der Waals surface area contributed by atoms with Crippen LogP contribution in [0.3, 0.4) is 0 Å². The Morgan fingerprint density at radius 2 is 2.11 bits per heavy atom. The van der Waals surface area contributed by atoms with Gasteiger partial charge < -0.3 is 10.4 Å². The Morgan fingerprint density at radius 3 is 2.67 bits per heavy atom. The molecule has 0 amide bonds. The SMILES string of the molecule is CC(C)CCC(O)Nc1cc(Br)ccc1[N+](=O)[O-]. The molecule has 0 spiro atoms. The lowest BCUT2D eigenvalue weighted by atomic mass is 10.1. The third-order valence-corrected chi connectivity index (χ3v) is 2.99. The molecule has 0 aliphatic rings. The normalized spacial score (nSPS) is 12.5. The Hall–Kier alpha value is -1.14. The van der Waals surface area contributed by atoms with Gasteiger partial charge in [0.1, 0.15) is 11.9 Å². The van der Waals surface area contributed by atoms with Gasteiger partial charge >= 0.3 is 0 Å². The van der Waals surface area contributed by atoms with Gasteiger partial charge in [0.15, 0.2) is 0 Å². The first kappa shape index (κ1) is 14.9. The van der Waals surface area contributed by atoms with E-state index in [1.807, 2.05) is 0 Å². The van der Waals surface area contributed by atoms with Gasteiger partial charge in [-0.15, -0.1) is 0 Å². The highest BCUT2D eigenvalue weighted by Gasteiger charge is 2.16. The summed E-state index contributed by atoms with van der Waals surface area (Å²) >= 11 is 3.25. The van der Waals surface area contributed by atoms with E-state index in [4.69, 9.17) is 0 Å². The van der Waals surface area contributed by atoms with E-state index >= 15 is 0 Å². The molecule has 0 aliphatic heterocycles. The van der Waals surface area contributed by atoms with Gasteiger partial charge in [-0.2, -0.15) is 0 Å². The summed E-state index contributed by atoms with van der Waals surface area (Å²) in [7, 11) is 0. The van der Waals surface area contributed by atoms with Gasteiger partial charge in [0.05, 0.1) is 4.92 Å². The second-order valence-corrected chi connectivity index (χ2v) is 5.47. The summed E-state index contributed by atoms with van der Waals surface area (Å²) in [6.07, 6.45) is 0.637. The fraction of sp³-hybridized carbons (Fsp3) is 0.500. The number of nitrogens with zero attached hydrogens (tertiary/aromatic N) is 1. The van der Waals surface area contributed by atoms with E-state index in [1.54, 1.807) is 12.1 Å². The predicted molar refractivity (Wildman–Crippen MR) is 74.5 cm³/mol. The van der Waals surface area contributed by atoms with Crippen molar-refractivity contribution in [1.29, 1.82) is 0 Å². The summed E-state index contributed by atoms with van der Waals surface area (Å²) in [5, 5.41) is 23.4. The van der Waals surface area contributed by atoms with E-state index < -0.39 is 11.2 Å². The Labute approximate surface area is 114 Å². The molecule has 0 bridgehead atoms. The first-order valence-electron chi connectivity index (χ1n) is 5.78. The lowest BCUT2D eigenvalue weighted by Crippen LogP contribution is -2.19. The zero-order valence-electron chi connectivity index (χ0n) is 10.4. The van der Waals surface area contributed by atoms with Crippen LogP contribution in [-0.4, -0.2) is 16.3 Å². The van der Waals surface area contributed by atoms with Crippen molar-refractivity contribution in [3.63, 3.8) is 0 Å². The topological polar surface area (TPSA) is 75.4 Å². The molecule has 1 unspecified atom stereocenters. The van der Waals surface area contributed by atoms with Crippen LogP contribution in [0.2, 0.25) is 0 Å². The van der Waals surface area contributed by atoms with Crippen molar-refractivity contribution < 1.29 is 10.0 Å². The molecule has 0 aromatic heterocycles. The highest BCUT2D eigenvalue weighted by molar-refractivity contribution is 9.10. The minimum Gasteiger partial charge on any atom is -0.374 e. The maximum Gasteiger partial charge on any atom is 0.292 e. The summed E-state index contributed by atoms with van der Waals surface area (Å²) in [5.41, 5.74) is 0.285. The van der Waals surface area contributed by atoms with Gasteiger partial charge in [-0.05, 0) is 30.9 Å². The first-order valence-corrected chi connectivity index (χ1v) is 6.58. The van der Waals surface area contributed by atoms with E-state index in [0.717, 1.165) is 10.9 Å². The number of nitro benzene ring substituents is 1. The third-order valence-electron chi connectivity index (χ3n) is 2.49. The lowest BCUT2D eigenvalue weighted by molar-refractivity contribution is -0.384. The zero-order chi connectivity index (χ0) is 13.7. The highest BCUT2D eigenvalue weighted by Crippen LogP contribution is 2.28. The second kappa shape index (κ2) is 6.70. The van der Waals surface area contributed by atoms with E-state index in [2.05, 4.69) is 35.1 Å². The van der Waals surface area contributed by atoms with Crippen LogP contribution in [0.4, 0.5) is 11.4 Å². The van der Waals surface area contributed by atoms with Crippen molar-refractivity contribution in [2.45, 2.75) is 32.9 Å². The average Bonchev–Trinajstić information content (AvgIpc) is 2.26. The summed E-state index contributed by atoms with van der Waals surface area (Å²) < 4.78 is 0.728. The van der Waals surface area contributed by atoms with Crippen molar-refractivity contribution in [1.82, 2.24) is 0 Å². The van der Waals surface area contributed by atoms with Crippen molar-refractivity contribution in [2.75, 3.05) is 5.32 Å². The van der Waals surface area contributed by atoms with Gasteiger partial charge in [0.25, 0.3) is 5.69 Å². The number of nitrogens with one attached hydrogen (secondary N) is 1. The Morgan fingerprint density at radius 1 is 1.44 bits per heavy atom. The minimum absolute atomic E-state index is 0.0400. The molecule has 0 fully saturated rings. The summed E-state index contributed by atoms with van der Waals surface area (Å²) in [5.74, 6) is 0.485. The Bertz CT molecular complexity index is 424. The van der Waals surface area contributed by atoms with Crippen LogP contribution in [0, 0.1) is 16.0 Å². The fourth-order valence-corrected chi connectivity index (χ4v) is 1.89. The number of aliphatic hydroxyl groups is 1. The number of nitro groups is 1. The van der Waals surface area contributed by atoms with Crippen LogP contribution in [0.5, 0.6) is 0 Å². The monoisotopic (exact) mass is 316 g/mol. The summed E-state index contributed by atoms with van der Waals surface area (Å²) in [4.78, 5) is 10.4. The van der Waals surface area contributed by atoms with Crippen LogP contribution >= 0.6 is 15.9 Å². The van der Waals surface area contributed by atoms with Crippen LogP contribution in [0.25, 0.3) is 0 Å². The molecule has 2 N–H and O–H groups in total. The molecule has 0 aliphatic carbocycles. The smallest absolute Gasteiger partial charge is 0.292 e. The van der Waals surface area contributed by atoms with E-state index in [1.165, 1.54) is 6.07 Å². The number of halogens is 1. The Balaban J connectivity index is 2.76. The molecule has 1 aromatic rings. The highest BCUT2D eigenvalue weighted by atomic mass is 79.9. The standard InChI is InChI=1S/C12H17BrN2O3/c1-8(2)3-6-12(16)14-10-7-9(13)4-5-11(10)15(17)18/h4-5,7-8,12,14,16H,3,6H2,1-2H3. The molecule has 0 heterocycles. The lowest BCUT2D eigenvalue weighted by Gasteiger charge is -2.15. The predicted octanol–water partition coefficient (Wildman–Crippen LogP) is 3.52. The maximum absolute atomic E-state index is 10.8. The number of hydrogen-bond donors (Lipinski definition) is 2. The van der Waals surface area contributed by atoms with Crippen LogP contribution in [0.1, 0.15) is 26.7 Å². The molecule has 18 heavy (non-hydrogen) atoms. The Kier molecular flexibility index (Phi) is 5.55. The molecule has 100 valence electrons. The molecule has 1 atom stereocenters. The number of benzene rings is 1. The largest absolute Gasteiger partial charge is 0.374 e. The van der Waals surface area contributed by atoms with Gasteiger partial charge in [-0.1, -0.05) is 29.8 Å². The number of hydrogen-bond acceptors (Lipinski definition) is 4. The van der Waals surface area contributed by atoms with Crippen molar-refractivity contribution in [2.24, 2.45) is 5.92 Å². The van der Waals surface area contributed by atoms with Crippen LogP contribution in [-0.2, 0) is 0 Å². The van der Waals surface area contributed by atoms with Crippen molar-refractivity contribution in [3.8, 4) is 0 Å². The molecule has 1 rings (SSSR count). The van der Waals surface area contributed by atoms with Crippen molar-refractivity contribution >= 4 is 27.3 Å². The van der Waals surface area contributed by atoms with Gasteiger partial charge in [-0.25, -0.2) is 0 Å². The van der Waals surface area contributed by atoms with Gasteiger partial charge in [0.2, 0.25) is 0 Å².